The van der Waals surface area contributed by atoms with Gasteiger partial charge in [0.25, 0.3) is 0 Å². The molecule has 3 nitrogen and oxygen atoms in total. The quantitative estimate of drug-likeness (QED) is 0.566. The van der Waals surface area contributed by atoms with Gasteiger partial charge in [-0.1, -0.05) is 67.1 Å². The molecule has 0 saturated heterocycles. The zero-order chi connectivity index (χ0) is 19.6. The molecule has 0 aliphatic carbocycles. The van der Waals surface area contributed by atoms with Crippen LogP contribution in [0.4, 0.5) is 11.4 Å². The highest BCUT2D eigenvalue weighted by atomic mass is 14.6. The predicted octanol–water partition coefficient (Wildman–Crippen LogP) is 4.89. The Morgan fingerprint density at radius 3 is 2.15 bits per heavy atom. The van der Waals surface area contributed by atoms with Crippen molar-refractivity contribution in [2.24, 2.45) is 5.73 Å². The van der Waals surface area contributed by atoms with Crippen molar-refractivity contribution in [1.29, 1.82) is 0 Å². The molecule has 142 valence electrons. The first-order valence-electron chi connectivity index (χ1n) is 9.44. The van der Waals surface area contributed by atoms with Crippen LogP contribution >= 0.6 is 0 Å². The Hall–Kier alpha value is -2.78. The van der Waals surface area contributed by atoms with E-state index < -0.39 is 0 Å². The third-order valence-electron chi connectivity index (χ3n) is 4.65. The summed E-state index contributed by atoms with van der Waals surface area (Å²) in [4.78, 5) is 0. The van der Waals surface area contributed by atoms with Crippen molar-refractivity contribution in [3.8, 4) is 0 Å². The molecule has 0 radical (unpaired) electrons. The van der Waals surface area contributed by atoms with E-state index in [-0.39, 0.29) is 0 Å². The molecule has 3 aromatic rings. The van der Waals surface area contributed by atoms with Gasteiger partial charge in [-0.05, 0) is 67.1 Å². The van der Waals surface area contributed by atoms with Crippen LogP contribution in [0.5, 0.6) is 0 Å². The molecule has 0 saturated carbocycles. The van der Waals surface area contributed by atoms with Crippen molar-refractivity contribution in [1.82, 2.24) is 0 Å². The zero-order valence-corrected chi connectivity index (χ0v) is 16.4. The number of hydrogen-bond acceptors (Lipinski definition) is 3. The first-order valence-corrected chi connectivity index (χ1v) is 9.44. The summed E-state index contributed by atoms with van der Waals surface area (Å²) in [5.74, 6) is 0.598. The Morgan fingerprint density at radius 2 is 1.52 bits per heavy atom. The van der Waals surface area contributed by atoms with Gasteiger partial charge in [0.05, 0.1) is 0 Å². The molecule has 27 heavy (non-hydrogen) atoms. The summed E-state index contributed by atoms with van der Waals surface area (Å²) in [6.45, 7) is 5.07. The third-order valence-corrected chi connectivity index (χ3v) is 4.65. The van der Waals surface area contributed by atoms with E-state index in [1.807, 2.05) is 24.3 Å². The molecule has 0 aromatic heterocycles. The first kappa shape index (κ1) is 20.5. The maximum Gasteiger partial charge on any atom is 0.0351 e. The zero-order valence-electron chi connectivity index (χ0n) is 16.4. The highest BCUT2D eigenvalue weighted by Gasteiger charge is 2.02. The van der Waals surface area contributed by atoms with Crippen LogP contribution in [0.2, 0.25) is 0 Å². The topological polar surface area (TPSA) is 78.1 Å². The SMILES string of the molecule is CC(CCN)c1ccccc1.Cc1ccc(Cc2cc(N)ccc2N)cc1. The second-order valence-electron chi connectivity index (χ2n) is 7.01. The normalized spacial score (nSPS) is 11.4. The van der Waals surface area contributed by atoms with Crippen LogP contribution in [-0.4, -0.2) is 6.54 Å². The number of rotatable bonds is 5. The van der Waals surface area contributed by atoms with Crippen molar-refractivity contribution in [3.63, 3.8) is 0 Å². The molecular weight excluding hydrogens is 330 g/mol. The molecule has 3 heteroatoms. The van der Waals surface area contributed by atoms with E-state index in [1.165, 1.54) is 16.7 Å². The standard InChI is InChI=1S/C14H16N2.C10H15N/c1-10-2-4-11(5-3-10)8-12-9-13(15)6-7-14(12)16;1-9(7-8-11)10-5-3-2-4-6-10/h2-7,9H,8,15-16H2,1H3;2-6,9H,7-8,11H2,1H3. The van der Waals surface area contributed by atoms with Crippen LogP contribution in [-0.2, 0) is 6.42 Å². The number of anilines is 2. The number of benzene rings is 3. The first-order chi connectivity index (χ1) is 13.0. The van der Waals surface area contributed by atoms with Gasteiger partial charge in [0, 0.05) is 11.4 Å². The number of nitrogen functional groups attached to an aromatic ring is 2. The van der Waals surface area contributed by atoms with E-state index in [9.17, 15) is 0 Å². The average Bonchev–Trinajstić information content (AvgIpc) is 2.68. The molecule has 0 amide bonds. The maximum atomic E-state index is 5.91. The molecule has 3 rings (SSSR count). The lowest BCUT2D eigenvalue weighted by Gasteiger charge is -2.08. The molecule has 1 unspecified atom stereocenters. The lowest BCUT2D eigenvalue weighted by Crippen LogP contribution is -2.04. The van der Waals surface area contributed by atoms with E-state index >= 15 is 0 Å². The van der Waals surface area contributed by atoms with Crippen LogP contribution < -0.4 is 17.2 Å². The fourth-order valence-corrected chi connectivity index (χ4v) is 2.90. The summed E-state index contributed by atoms with van der Waals surface area (Å²) in [6, 6.07) is 24.6. The van der Waals surface area contributed by atoms with Crippen molar-refractivity contribution in [2.45, 2.75) is 32.6 Å². The lowest BCUT2D eigenvalue weighted by atomic mass is 9.98. The minimum Gasteiger partial charge on any atom is -0.399 e. The molecule has 0 bridgehead atoms. The van der Waals surface area contributed by atoms with Gasteiger partial charge in [-0.2, -0.15) is 0 Å². The second-order valence-corrected chi connectivity index (χ2v) is 7.01. The fraction of sp³-hybridized carbons (Fsp3) is 0.250. The van der Waals surface area contributed by atoms with Crippen LogP contribution in [0.15, 0.2) is 72.8 Å². The molecule has 0 aliphatic rings. The lowest BCUT2D eigenvalue weighted by molar-refractivity contribution is 0.690. The van der Waals surface area contributed by atoms with E-state index in [4.69, 9.17) is 17.2 Å². The molecule has 6 N–H and O–H groups in total. The Balaban J connectivity index is 0.000000208. The molecule has 0 heterocycles. The Morgan fingerprint density at radius 1 is 0.852 bits per heavy atom. The van der Waals surface area contributed by atoms with Gasteiger partial charge in [0.1, 0.15) is 0 Å². The van der Waals surface area contributed by atoms with Gasteiger partial charge in [-0.15, -0.1) is 0 Å². The summed E-state index contributed by atoms with van der Waals surface area (Å²) in [5.41, 5.74) is 23.7. The van der Waals surface area contributed by atoms with E-state index in [0.29, 0.717) is 5.92 Å². The summed E-state index contributed by atoms with van der Waals surface area (Å²) in [7, 11) is 0. The van der Waals surface area contributed by atoms with Gasteiger partial charge < -0.3 is 17.2 Å². The third kappa shape index (κ3) is 6.80. The largest absolute Gasteiger partial charge is 0.399 e. The second kappa shape index (κ2) is 10.4. The highest BCUT2D eigenvalue weighted by molar-refractivity contribution is 5.56. The Labute approximate surface area is 163 Å². The van der Waals surface area contributed by atoms with E-state index in [1.54, 1.807) is 0 Å². The average molecular weight is 362 g/mol. The summed E-state index contributed by atoms with van der Waals surface area (Å²) >= 11 is 0. The monoisotopic (exact) mass is 361 g/mol. The van der Waals surface area contributed by atoms with Crippen LogP contribution in [0.1, 0.15) is 41.5 Å². The molecule has 0 spiro atoms. The summed E-state index contributed by atoms with van der Waals surface area (Å²) in [5, 5.41) is 0. The van der Waals surface area contributed by atoms with Crippen LogP contribution in [0.3, 0.4) is 0 Å². The minimum absolute atomic E-state index is 0.598. The van der Waals surface area contributed by atoms with Crippen molar-refractivity contribution in [2.75, 3.05) is 18.0 Å². The van der Waals surface area contributed by atoms with Gasteiger partial charge >= 0.3 is 0 Å². The highest BCUT2D eigenvalue weighted by Crippen LogP contribution is 2.19. The van der Waals surface area contributed by atoms with Crippen molar-refractivity contribution < 1.29 is 0 Å². The summed E-state index contributed by atoms with van der Waals surface area (Å²) in [6.07, 6.45) is 1.90. The smallest absolute Gasteiger partial charge is 0.0351 e. The molecular formula is C24H31N3. The minimum atomic E-state index is 0.598. The summed E-state index contributed by atoms with van der Waals surface area (Å²) < 4.78 is 0. The number of hydrogen-bond donors (Lipinski definition) is 3. The maximum absolute atomic E-state index is 5.91. The van der Waals surface area contributed by atoms with Crippen LogP contribution in [0.25, 0.3) is 0 Å². The molecule has 0 fully saturated rings. The molecule has 3 aromatic carbocycles. The Kier molecular flexibility index (Phi) is 7.90. The van der Waals surface area contributed by atoms with Gasteiger partial charge in [-0.25, -0.2) is 0 Å². The van der Waals surface area contributed by atoms with Crippen molar-refractivity contribution in [3.05, 3.63) is 95.1 Å². The Bertz CT molecular complexity index is 811. The van der Waals surface area contributed by atoms with Gasteiger partial charge in [0.2, 0.25) is 0 Å². The fourth-order valence-electron chi connectivity index (χ4n) is 2.90. The predicted molar refractivity (Wildman–Crippen MR) is 118 cm³/mol. The van der Waals surface area contributed by atoms with Crippen LogP contribution in [0, 0.1) is 6.92 Å². The van der Waals surface area contributed by atoms with Gasteiger partial charge in [-0.3, -0.25) is 0 Å². The van der Waals surface area contributed by atoms with Gasteiger partial charge in [0.15, 0.2) is 0 Å². The van der Waals surface area contributed by atoms with Crippen molar-refractivity contribution >= 4 is 11.4 Å². The van der Waals surface area contributed by atoms with E-state index in [2.05, 4.69) is 62.4 Å². The number of nitrogens with two attached hydrogens (primary N) is 3. The molecule has 0 aliphatic heterocycles. The molecule has 1 atom stereocenters. The van der Waals surface area contributed by atoms with E-state index in [0.717, 1.165) is 36.3 Å². The number of aryl methyl sites for hydroxylation is 1.